The molecule has 2 saturated carbocycles. The van der Waals surface area contributed by atoms with Crippen LogP contribution in [0.25, 0.3) is 0 Å². The number of amides is 1. The summed E-state index contributed by atoms with van der Waals surface area (Å²) >= 11 is 1.91. The van der Waals surface area contributed by atoms with E-state index < -0.39 is 0 Å². The second kappa shape index (κ2) is 6.90. The lowest BCUT2D eigenvalue weighted by Gasteiger charge is -2.43. The first-order valence-corrected chi connectivity index (χ1v) is 12.0. The first-order chi connectivity index (χ1) is 13.9. The SMILES string of the molecule is CC1(C)C2CC[C@](C)(C2)C1NC(=O)c1nn(Cc2ccccc2)c2c1CSCC2. The van der Waals surface area contributed by atoms with Crippen molar-refractivity contribution in [1.82, 2.24) is 15.1 Å². The van der Waals surface area contributed by atoms with Crippen LogP contribution >= 0.6 is 11.8 Å². The molecular weight excluding hydrogens is 378 g/mol. The molecule has 3 aliphatic rings. The van der Waals surface area contributed by atoms with E-state index in [0.717, 1.165) is 36.0 Å². The molecular formula is C24H31N3OS. The smallest absolute Gasteiger partial charge is 0.272 e. The average Bonchev–Trinajstić information content (AvgIpc) is 3.33. The summed E-state index contributed by atoms with van der Waals surface area (Å²) in [5, 5.41) is 8.31. The fourth-order valence-electron chi connectivity index (χ4n) is 6.24. The fraction of sp³-hybridized carbons (Fsp3) is 0.583. The highest BCUT2D eigenvalue weighted by molar-refractivity contribution is 7.98. The van der Waals surface area contributed by atoms with E-state index in [1.54, 1.807) is 0 Å². The van der Waals surface area contributed by atoms with Gasteiger partial charge in [-0.2, -0.15) is 16.9 Å². The topological polar surface area (TPSA) is 46.9 Å². The van der Waals surface area contributed by atoms with E-state index in [2.05, 4.69) is 55.0 Å². The molecule has 0 radical (unpaired) electrons. The minimum Gasteiger partial charge on any atom is -0.347 e. The standard InChI is InChI=1S/C24H31N3OS/c1-23(2)17-9-11-24(3,13-17)22(23)25-21(28)20-18-15-29-12-10-19(18)27(26-20)14-16-7-5-4-6-8-16/h4-8,17,22H,9-15H2,1-3H3,(H,25,28)/t17?,22?,24-/m1/s1. The predicted molar refractivity (Wildman–Crippen MR) is 118 cm³/mol. The van der Waals surface area contributed by atoms with Gasteiger partial charge < -0.3 is 5.32 Å². The Bertz CT molecular complexity index is 930. The average molecular weight is 410 g/mol. The number of carbonyl (C=O) groups excluding carboxylic acids is 1. The predicted octanol–water partition coefficient (Wildman–Crippen LogP) is 4.67. The zero-order valence-corrected chi connectivity index (χ0v) is 18.5. The maximum absolute atomic E-state index is 13.4. The van der Waals surface area contributed by atoms with Crippen LogP contribution in [-0.4, -0.2) is 27.5 Å². The molecule has 1 aromatic carbocycles. The Labute approximate surface area is 177 Å². The Morgan fingerprint density at radius 3 is 2.79 bits per heavy atom. The molecule has 0 spiro atoms. The lowest BCUT2D eigenvalue weighted by Crippen LogP contribution is -2.52. The van der Waals surface area contributed by atoms with Crippen LogP contribution in [0.2, 0.25) is 0 Å². The first kappa shape index (κ1) is 19.2. The van der Waals surface area contributed by atoms with Crippen molar-refractivity contribution in [1.29, 1.82) is 0 Å². The number of benzene rings is 1. The number of aromatic nitrogens is 2. The molecule has 3 atom stereocenters. The summed E-state index contributed by atoms with van der Waals surface area (Å²) in [6.07, 6.45) is 4.75. The van der Waals surface area contributed by atoms with Crippen LogP contribution in [0.15, 0.2) is 30.3 Å². The molecule has 2 aliphatic carbocycles. The largest absolute Gasteiger partial charge is 0.347 e. The first-order valence-electron chi connectivity index (χ1n) is 10.9. The van der Waals surface area contributed by atoms with Crippen molar-refractivity contribution in [2.45, 2.75) is 64.8 Å². The van der Waals surface area contributed by atoms with Crippen LogP contribution in [0.4, 0.5) is 0 Å². The van der Waals surface area contributed by atoms with Crippen molar-refractivity contribution in [2.75, 3.05) is 5.75 Å². The summed E-state index contributed by atoms with van der Waals surface area (Å²) in [6.45, 7) is 7.78. The molecule has 2 fully saturated rings. The van der Waals surface area contributed by atoms with Gasteiger partial charge in [0.1, 0.15) is 0 Å². The van der Waals surface area contributed by atoms with Gasteiger partial charge in [0.15, 0.2) is 5.69 Å². The van der Waals surface area contributed by atoms with Crippen LogP contribution in [0.1, 0.15) is 67.3 Å². The van der Waals surface area contributed by atoms with Gasteiger partial charge in [-0.1, -0.05) is 51.1 Å². The Balaban J connectivity index is 1.44. The second-order valence-corrected chi connectivity index (χ2v) is 11.1. The number of nitrogens with zero attached hydrogens (tertiary/aromatic N) is 2. The molecule has 0 saturated heterocycles. The highest BCUT2D eigenvalue weighted by atomic mass is 32.2. The number of hydrogen-bond donors (Lipinski definition) is 1. The summed E-state index contributed by atoms with van der Waals surface area (Å²) in [7, 11) is 0. The van der Waals surface area contributed by atoms with E-state index in [1.807, 2.05) is 17.8 Å². The summed E-state index contributed by atoms with van der Waals surface area (Å²) in [6, 6.07) is 10.6. The van der Waals surface area contributed by atoms with Gasteiger partial charge in [0.2, 0.25) is 0 Å². The molecule has 29 heavy (non-hydrogen) atoms. The van der Waals surface area contributed by atoms with Crippen molar-refractivity contribution in [3.05, 3.63) is 52.8 Å². The summed E-state index contributed by atoms with van der Waals surface area (Å²) in [5.74, 6) is 2.74. The molecule has 154 valence electrons. The fourth-order valence-corrected chi connectivity index (χ4v) is 7.23. The van der Waals surface area contributed by atoms with Crippen LogP contribution < -0.4 is 5.32 Å². The zero-order valence-electron chi connectivity index (χ0n) is 17.7. The maximum Gasteiger partial charge on any atom is 0.272 e. The van der Waals surface area contributed by atoms with Crippen LogP contribution in [0.3, 0.4) is 0 Å². The van der Waals surface area contributed by atoms with Gasteiger partial charge in [-0.3, -0.25) is 9.48 Å². The number of carbonyl (C=O) groups is 1. The molecule has 4 nitrogen and oxygen atoms in total. The normalized spacial score (nSPS) is 29.6. The molecule has 5 heteroatoms. The van der Waals surface area contributed by atoms with Gasteiger partial charge in [-0.15, -0.1) is 0 Å². The number of hydrogen-bond acceptors (Lipinski definition) is 3. The Kier molecular flexibility index (Phi) is 4.57. The van der Waals surface area contributed by atoms with Gasteiger partial charge in [0.25, 0.3) is 5.91 Å². The lowest BCUT2D eigenvalue weighted by molar-refractivity contribution is 0.0732. The van der Waals surface area contributed by atoms with E-state index in [1.165, 1.54) is 30.5 Å². The van der Waals surface area contributed by atoms with Crippen LogP contribution in [-0.2, 0) is 18.7 Å². The van der Waals surface area contributed by atoms with Crippen molar-refractivity contribution in [3.63, 3.8) is 0 Å². The molecule has 2 bridgehead atoms. The highest BCUT2D eigenvalue weighted by Crippen LogP contribution is 2.62. The molecule has 1 aromatic heterocycles. The quantitative estimate of drug-likeness (QED) is 0.798. The molecule has 2 unspecified atom stereocenters. The number of fused-ring (bicyclic) bond motifs is 3. The van der Waals surface area contributed by atoms with Crippen LogP contribution in [0, 0.1) is 16.7 Å². The molecule has 2 heterocycles. The van der Waals surface area contributed by atoms with Gasteiger partial charge in [0, 0.05) is 23.1 Å². The summed E-state index contributed by atoms with van der Waals surface area (Å²) in [5.41, 5.74) is 4.67. The summed E-state index contributed by atoms with van der Waals surface area (Å²) in [4.78, 5) is 13.4. The Morgan fingerprint density at radius 2 is 2.07 bits per heavy atom. The number of rotatable bonds is 4. The van der Waals surface area contributed by atoms with Gasteiger partial charge >= 0.3 is 0 Å². The third-order valence-electron chi connectivity index (χ3n) is 7.83. The van der Waals surface area contributed by atoms with Crippen LogP contribution in [0.5, 0.6) is 0 Å². The minimum absolute atomic E-state index is 0.0300. The Morgan fingerprint density at radius 1 is 1.28 bits per heavy atom. The molecule has 2 aromatic rings. The Hall–Kier alpha value is -1.75. The van der Waals surface area contributed by atoms with E-state index in [9.17, 15) is 4.79 Å². The van der Waals surface area contributed by atoms with E-state index >= 15 is 0 Å². The monoisotopic (exact) mass is 409 g/mol. The van der Waals surface area contributed by atoms with Crippen molar-refractivity contribution in [3.8, 4) is 0 Å². The third kappa shape index (κ3) is 3.13. The second-order valence-electron chi connectivity index (χ2n) is 10.0. The van der Waals surface area contributed by atoms with E-state index in [0.29, 0.717) is 5.69 Å². The lowest BCUT2D eigenvalue weighted by atomic mass is 9.68. The molecule has 1 N–H and O–H groups in total. The third-order valence-corrected chi connectivity index (χ3v) is 8.82. The summed E-state index contributed by atoms with van der Waals surface area (Å²) < 4.78 is 2.08. The number of thioether (sulfide) groups is 1. The van der Waals surface area contributed by atoms with Crippen molar-refractivity contribution in [2.24, 2.45) is 16.7 Å². The zero-order chi connectivity index (χ0) is 20.2. The van der Waals surface area contributed by atoms with Gasteiger partial charge in [0.05, 0.1) is 6.54 Å². The van der Waals surface area contributed by atoms with Gasteiger partial charge in [-0.25, -0.2) is 0 Å². The molecule has 1 amide bonds. The molecule has 5 rings (SSSR count). The number of nitrogens with one attached hydrogen (secondary N) is 1. The van der Waals surface area contributed by atoms with E-state index in [-0.39, 0.29) is 22.8 Å². The van der Waals surface area contributed by atoms with Crippen molar-refractivity contribution < 1.29 is 4.79 Å². The van der Waals surface area contributed by atoms with E-state index in [4.69, 9.17) is 5.10 Å². The molecule has 1 aliphatic heterocycles. The maximum atomic E-state index is 13.4. The van der Waals surface area contributed by atoms with Gasteiger partial charge in [-0.05, 0) is 53.7 Å². The minimum atomic E-state index is 0.0300. The highest BCUT2D eigenvalue weighted by Gasteiger charge is 2.59. The van der Waals surface area contributed by atoms with Crippen molar-refractivity contribution >= 4 is 17.7 Å².